The summed E-state index contributed by atoms with van der Waals surface area (Å²) >= 11 is 0. The normalized spacial score (nSPS) is 11.2. The van der Waals surface area contributed by atoms with Crippen molar-refractivity contribution in [2.45, 2.75) is 24.7 Å². The molecular weight excluding hydrogens is 298 g/mol. The van der Waals surface area contributed by atoms with Crippen molar-refractivity contribution in [3.8, 4) is 0 Å². The lowest BCUT2D eigenvalue weighted by molar-refractivity contribution is 0.601. The number of rotatable bonds is 7. The van der Waals surface area contributed by atoms with Crippen LogP contribution in [0.25, 0.3) is 0 Å². The van der Waals surface area contributed by atoms with E-state index in [4.69, 9.17) is 0 Å². The fourth-order valence-electron chi connectivity index (χ4n) is 1.99. The molecule has 0 aliphatic rings. The van der Waals surface area contributed by atoms with Crippen LogP contribution in [-0.4, -0.2) is 27.0 Å². The lowest BCUT2D eigenvalue weighted by Crippen LogP contribution is -2.19. The van der Waals surface area contributed by atoms with Gasteiger partial charge in [0.25, 0.3) is 10.0 Å². The number of nitrogens with zero attached hydrogens (tertiary/aromatic N) is 2. The van der Waals surface area contributed by atoms with E-state index in [1.165, 1.54) is 0 Å². The van der Waals surface area contributed by atoms with Gasteiger partial charge in [0, 0.05) is 13.6 Å². The summed E-state index contributed by atoms with van der Waals surface area (Å²) in [7, 11) is -1.59. The van der Waals surface area contributed by atoms with E-state index in [1.807, 2.05) is 13.1 Å². The van der Waals surface area contributed by atoms with E-state index in [0.29, 0.717) is 5.82 Å². The number of sulfonamides is 1. The Balaban J connectivity index is 2.08. The van der Waals surface area contributed by atoms with E-state index in [-0.39, 0.29) is 4.90 Å². The smallest absolute Gasteiger partial charge is 0.263 e. The Kier molecular flexibility index (Phi) is 5.38. The summed E-state index contributed by atoms with van der Waals surface area (Å²) < 4.78 is 26.9. The number of nitrogens with one attached hydrogen (secondary N) is 1. The van der Waals surface area contributed by atoms with Gasteiger partial charge in [0.15, 0.2) is 0 Å². The van der Waals surface area contributed by atoms with Crippen LogP contribution in [-0.2, 0) is 10.0 Å². The van der Waals surface area contributed by atoms with E-state index in [9.17, 15) is 8.42 Å². The summed E-state index contributed by atoms with van der Waals surface area (Å²) in [6.07, 6.45) is 3.92. The molecule has 2 aromatic rings. The van der Waals surface area contributed by atoms with Crippen molar-refractivity contribution < 1.29 is 8.42 Å². The van der Waals surface area contributed by atoms with Crippen LogP contribution in [0.5, 0.6) is 0 Å². The van der Waals surface area contributed by atoms with Gasteiger partial charge in [-0.05, 0) is 30.7 Å². The van der Waals surface area contributed by atoms with Crippen LogP contribution >= 0.6 is 0 Å². The van der Waals surface area contributed by atoms with Crippen molar-refractivity contribution >= 4 is 21.5 Å². The number of unbranched alkanes of at least 4 members (excludes halogenated alkanes) is 1. The fraction of sp³-hybridized carbons (Fsp3) is 0.312. The van der Waals surface area contributed by atoms with Crippen molar-refractivity contribution in [3.05, 3.63) is 48.7 Å². The Labute approximate surface area is 132 Å². The molecule has 118 valence electrons. The second-order valence-electron chi connectivity index (χ2n) is 5.10. The summed E-state index contributed by atoms with van der Waals surface area (Å²) in [5.41, 5.74) is 0.969. The first-order valence-corrected chi connectivity index (χ1v) is 8.76. The monoisotopic (exact) mass is 319 g/mol. The summed E-state index contributed by atoms with van der Waals surface area (Å²) in [6.45, 7) is 3.10. The van der Waals surface area contributed by atoms with Gasteiger partial charge in [-0.2, -0.15) is 0 Å². The molecule has 0 atom stereocenters. The average Bonchev–Trinajstić information content (AvgIpc) is 2.54. The lowest BCUT2D eigenvalue weighted by atomic mass is 10.3. The Morgan fingerprint density at radius 1 is 1.14 bits per heavy atom. The molecule has 1 aromatic carbocycles. The van der Waals surface area contributed by atoms with Gasteiger partial charge in [-0.3, -0.25) is 4.72 Å². The largest absolute Gasteiger partial charge is 0.373 e. The molecule has 0 saturated carbocycles. The van der Waals surface area contributed by atoms with Crippen molar-refractivity contribution in [1.82, 2.24) is 4.98 Å². The van der Waals surface area contributed by atoms with Gasteiger partial charge in [0.05, 0.1) is 16.8 Å². The molecule has 22 heavy (non-hydrogen) atoms. The predicted molar refractivity (Wildman–Crippen MR) is 89.7 cm³/mol. The quantitative estimate of drug-likeness (QED) is 0.852. The highest BCUT2D eigenvalue weighted by Gasteiger charge is 2.14. The molecule has 0 saturated heterocycles. The molecule has 1 heterocycles. The van der Waals surface area contributed by atoms with Crippen LogP contribution in [0, 0.1) is 0 Å². The van der Waals surface area contributed by atoms with Gasteiger partial charge in [0.1, 0.15) is 5.82 Å². The first kappa shape index (κ1) is 16.3. The molecule has 0 aliphatic heterocycles. The molecule has 0 radical (unpaired) electrons. The molecule has 0 unspecified atom stereocenters. The lowest BCUT2D eigenvalue weighted by Gasteiger charge is -2.18. The van der Waals surface area contributed by atoms with Crippen LogP contribution in [0.1, 0.15) is 19.8 Å². The van der Waals surface area contributed by atoms with Crippen molar-refractivity contribution in [2.24, 2.45) is 0 Å². The van der Waals surface area contributed by atoms with E-state index in [2.05, 4.69) is 21.5 Å². The zero-order chi connectivity index (χ0) is 16.0. The molecule has 6 heteroatoms. The Bertz CT molecular complexity index is 685. The third kappa shape index (κ3) is 4.21. The molecule has 0 amide bonds. The van der Waals surface area contributed by atoms with Crippen molar-refractivity contribution in [2.75, 3.05) is 23.2 Å². The SMILES string of the molecule is CCCCN(C)c1ccc(NS(=O)(=O)c2ccccc2)nc1. The summed E-state index contributed by atoms with van der Waals surface area (Å²) in [4.78, 5) is 6.51. The minimum atomic E-state index is -3.59. The van der Waals surface area contributed by atoms with Crippen LogP contribution < -0.4 is 9.62 Å². The minimum absolute atomic E-state index is 0.223. The summed E-state index contributed by atoms with van der Waals surface area (Å²) in [5.74, 6) is 0.316. The maximum Gasteiger partial charge on any atom is 0.263 e. The van der Waals surface area contributed by atoms with Gasteiger partial charge in [0.2, 0.25) is 0 Å². The van der Waals surface area contributed by atoms with E-state index in [1.54, 1.807) is 42.6 Å². The zero-order valence-corrected chi connectivity index (χ0v) is 13.7. The predicted octanol–water partition coefficient (Wildman–Crippen LogP) is 3.12. The van der Waals surface area contributed by atoms with Gasteiger partial charge in [-0.25, -0.2) is 13.4 Å². The minimum Gasteiger partial charge on any atom is -0.373 e. The number of anilines is 2. The standard InChI is InChI=1S/C16H21N3O2S/c1-3-4-12-19(2)14-10-11-16(17-13-14)18-22(20,21)15-8-6-5-7-9-15/h5-11,13H,3-4,12H2,1-2H3,(H,17,18). The van der Waals surface area contributed by atoms with Gasteiger partial charge < -0.3 is 4.90 Å². The number of pyridine rings is 1. The van der Waals surface area contributed by atoms with Crippen LogP contribution in [0.3, 0.4) is 0 Å². The molecule has 0 fully saturated rings. The van der Waals surface area contributed by atoms with E-state index < -0.39 is 10.0 Å². The molecule has 1 aromatic heterocycles. The highest BCUT2D eigenvalue weighted by Crippen LogP contribution is 2.17. The Hall–Kier alpha value is -2.08. The molecule has 2 rings (SSSR count). The molecule has 0 spiro atoms. The van der Waals surface area contributed by atoms with Crippen molar-refractivity contribution in [1.29, 1.82) is 0 Å². The highest BCUT2D eigenvalue weighted by molar-refractivity contribution is 7.92. The zero-order valence-electron chi connectivity index (χ0n) is 12.9. The second-order valence-corrected chi connectivity index (χ2v) is 6.78. The summed E-state index contributed by atoms with van der Waals surface area (Å²) in [5, 5.41) is 0. The molecule has 0 bridgehead atoms. The maximum absolute atomic E-state index is 12.2. The van der Waals surface area contributed by atoms with E-state index >= 15 is 0 Å². The van der Waals surface area contributed by atoms with Gasteiger partial charge in [-0.1, -0.05) is 31.5 Å². The van der Waals surface area contributed by atoms with Crippen molar-refractivity contribution in [3.63, 3.8) is 0 Å². The maximum atomic E-state index is 12.2. The van der Waals surface area contributed by atoms with Gasteiger partial charge >= 0.3 is 0 Å². The average molecular weight is 319 g/mol. The van der Waals surface area contributed by atoms with Crippen LogP contribution in [0.15, 0.2) is 53.6 Å². The molecular formula is C16H21N3O2S. The third-order valence-electron chi connectivity index (χ3n) is 3.33. The van der Waals surface area contributed by atoms with Crippen LogP contribution in [0.2, 0.25) is 0 Å². The second kappa shape index (κ2) is 7.26. The molecule has 5 nitrogen and oxygen atoms in total. The van der Waals surface area contributed by atoms with Crippen LogP contribution in [0.4, 0.5) is 11.5 Å². The fourth-order valence-corrected chi connectivity index (χ4v) is 3.02. The Morgan fingerprint density at radius 2 is 1.86 bits per heavy atom. The van der Waals surface area contributed by atoms with Gasteiger partial charge in [-0.15, -0.1) is 0 Å². The number of hydrogen-bond donors (Lipinski definition) is 1. The number of hydrogen-bond acceptors (Lipinski definition) is 4. The topological polar surface area (TPSA) is 62.3 Å². The number of aromatic nitrogens is 1. The molecule has 1 N–H and O–H groups in total. The Morgan fingerprint density at radius 3 is 2.45 bits per heavy atom. The molecule has 0 aliphatic carbocycles. The first-order chi connectivity index (χ1) is 10.5. The third-order valence-corrected chi connectivity index (χ3v) is 4.70. The number of benzene rings is 1. The highest BCUT2D eigenvalue weighted by atomic mass is 32.2. The van der Waals surface area contributed by atoms with E-state index in [0.717, 1.165) is 25.1 Å². The first-order valence-electron chi connectivity index (χ1n) is 7.28. The summed E-state index contributed by atoms with van der Waals surface area (Å²) in [6, 6.07) is 11.8.